The van der Waals surface area contributed by atoms with Crippen molar-refractivity contribution >= 4 is 11.8 Å². The van der Waals surface area contributed by atoms with Gasteiger partial charge in [-0.3, -0.25) is 5.10 Å². The second-order valence-electron chi connectivity index (χ2n) is 2.80. The third kappa shape index (κ3) is 4.28. The van der Waals surface area contributed by atoms with Crippen molar-refractivity contribution in [3.63, 3.8) is 0 Å². The number of rotatable bonds is 6. The second kappa shape index (κ2) is 5.99. The third-order valence-electron chi connectivity index (χ3n) is 1.51. The first-order valence-corrected chi connectivity index (χ1v) is 5.54. The summed E-state index contributed by atoms with van der Waals surface area (Å²) in [5.74, 6) is 1.90. The third-order valence-corrected chi connectivity index (χ3v) is 2.36. The van der Waals surface area contributed by atoms with Gasteiger partial charge in [-0.1, -0.05) is 18.7 Å². The van der Waals surface area contributed by atoms with Gasteiger partial charge in [-0.05, 0) is 19.9 Å². The SMILES string of the molecule is CCCNCCSc1n[nH]c(C)n1. The lowest BCUT2D eigenvalue weighted by Gasteiger charge is -1.99. The zero-order valence-electron chi connectivity index (χ0n) is 8.13. The number of aryl methyl sites for hydroxylation is 1. The van der Waals surface area contributed by atoms with Crippen LogP contribution in [0.15, 0.2) is 5.16 Å². The summed E-state index contributed by atoms with van der Waals surface area (Å²) in [5, 5.41) is 11.0. The van der Waals surface area contributed by atoms with Crippen LogP contribution in [0.25, 0.3) is 0 Å². The maximum absolute atomic E-state index is 4.20. The molecule has 0 saturated heterocycles. The zero-order chi connectivity index (χ0) is 9.52. The average molecular weight is 200 g/mol. The van der Waals surface area contributed by atoms with Crippen LogP contribution in [-0.4, -0.2) is 34.0 Å². The second-order valence-corrected chi connectivity index (χ2v) is 3.86. The summed E-state index contributed by atoms with van der Waals surface area (Å²) < 4.78 is 0. The van der Waals surface area contributed by atoms with E-state index in [1.807, 2.05) is 6.92 Å². The summed E-state index contributed by atoms with van der Waals surface area (Å²) in [7, 11) is 0. The Morgan fingerprint density at radius 1 is 1.46 bits per heavy atom. The fourth-order valence-electron chi connectivity index (χ4n) is 0.903. The normalized spacial score (nSPS) is 10.6. The highest BCUT2D eigenvalue weighted by molar-refractivity contribution is 7.99. The molecule has 0 saturated carbocycles. The first-order chi connectivity index (χ1) is 6.33. The molecule has 0 bridgehead atoms. The van der Waals surface area contributed by atoms with Gasteiger partial charge >= 0.3 is 0 Å². The van der Waals surface area contributed by atoms with Crippen molar-refractivity contribution in [1.29, 1.82) is 0 Å². The number of aromatic nitrogens is 3. The fraction of sp³-hybridized carbons (Fsp3) is 0.750. The van der Waals surface area contributed by atoms with Crippen LogP contribution < -0.4 is 5.32 Å². The summed E-state index contributed by atoms with van der Waals surface area (Å²) in [4.78, 5) is 4.20. The highest BCUT2D eigenvalue weighted by atomic mass is 32.2. The quantitative estimate of drug-likeness (QED) is 0.535. The number of H-pyrrole nitrogens is 1. The van der Waals surface area contributed by atoms with Gasteiger partial charge in [0.1, 0.15) is 5.82 Å². The Balaban J connectivity index is 2.06. The van der Waals surface area contributed by atoms with Crippen LogP contribution >= 0.6 is 11.8 Å². The highest BCUT2D eigenvalue weighted by Crippen LogP contribution is 2.10. The Labute approximate surface area is 82.9 Å². The minimum absolute atomic E-state index is 0.843. The topological polar surface area (TPSA) is 53.6 Å². The van der Waals surface area contributed by atoms with Crippen molar-refractivity contribution in [1.82, 2.24) is 20.5 Å². The van der Waals surface area contributed by atoms with Crippen molar-refractivity contribution in [2.45, 2.75) is 25.4 Å². The number of nitrogens with zero attached hydrogens (tertiary/aromatic N) is 2. The lowest BCUT2D eigenvalue weighted by atomic mass is 10.5. The fourth-order valence-corrected chi connectivity index (χ4v) is 1.64. The van der Waals surface area contributed by atoms with Crippen molar-refractivity contribution in [2.75, 3.05) is 18.8 Å². The first-order valence-electron chi connectivity index (χ1n) is 4.55. The minimum Gasteiger partial charge on any atom is -0.316 e. The molecule has 2 N–H and O–H groups in total. The van der Waals surface area contributed by atoms with E-state index in [2.05, 4.69) is 27.4 Å². The monoisotopic (exact) mass is 200 g/mol. The van der Waals surface area contributed by atoms with E-state index in [1.54, 1.807) is 11.8 Å². The average Bonchev–Trinajstić information content (AvgIpc) is 2.51. The maximum Gasteiger partial charge on any atom is 0.208 e. The number of nitrogens with one attached hydrogen (secondary N) is 2. The molecule has 0 amide bonds. The van der Waals surface area contributed by atoms with E-state index in [0.29, 0.717) is 0 Å². The van der Waals surface area contributed by atoms with Gasteiger partial charge in [-0.2, -0.15) is 0 Å². The van der Waals surface area contributed by atoms with Gasteiger partial charge in [0.15, 0.2) is 0 Å². The summed E-state index contributed by atoms with van der Waals surface area (Å²) in [6.07, 6.45) is 1.18. The van der Waals surface area contributed by atoms with Gasteiger partial charge in [-0.25, -0.2) is 4.98 Å². The van der Waals surface area contributed by atoms with Crippen LogP contribution in [0.5, 0.6) is 0 Å². The molecule has 74 valence electrons. The molecule has 0 radical (unpaired) electrons. The Kier molecular flexibility index (Phi) is 4.85. The van der Waals surface area contributed by atoms with Crippen LogP contribution in [-0.2, 0) is 0 Å². The van der Waals surface area contributed by atoms with Crippen molar-refractivity contribution in [3.05, 3.63) is 5.82 Å². The summed E-state index contributed by atoms with van der Waals surface area (Å²) in [5.41, 5.74) is 0. The smallest absolute Gasteiger partial charge is 0.208 e. The molecule has 0 fully saturated rings. The van der Waals surface area contributed by atoms with Crippen LogP contribution in [0.1, 0.15) is 19.2 Å². The Morgan fingerprint density at radius 2 is 2.31 bits per heavy atom. The molecule has 0 aliphatic carbocycles. The molecule has 13 heavy (non-hydrogen) atoms. The van der Waals surface area contributed by atoms with Gasteiger partial charge in [-0.15, -0.1) is 5.10 Å². The molecule has 0 aliphatic heterocycles. The first kappa shape index (κ1) is 10.5. The standard InChI is InChI=1S/C8H16N4S/c1-3-4-9-5-6-13-8-10-7(2)11-12-8/h9H,3-6H2,1-2H3,(H,10,11,12). The number of thioether (sulfide) groups is 1. The largest absolute Gasteiger partial charge is 0.316 e. The Hall–Kier alpha value is -0.550. The van der Waals surface area contributed by atoms with Crippen LogP contribution in [0.4, 0.5) is 0 Å². The lowest BCUT2D eigenvalue weighted by Crippen LogP contribution is -2.17. The van der Waals surface area contributed by atoms with Gasteiger partial charge in [0, 0.05) is 12.3 Å². The summed E-state index contributed by atoms with van der Waals surface area (Å²) in [6.45, 7) is 6.19. The van der Waals surface area contributed by atoms with E-state index in [1.165, 1.54) is 6.42 Å². The number of aromatic amines is 1. The van der Waals surface area contributed by atoms with E-state index in [-0.39, 0.29) is 0 Å². The molecule has 1 rings (SSSR count). The van der Waals surface area contributed by atoms with Crippen LogP contribution in [0.3, 0.4) is 0 Å². The molecule has 0 aromatic carbocycles. The van der Waals surface area contributed by atoms with Gasteiger partial charge in [0.25, 0.3) is 0 Å². The summed E-state index contributed by atoms with van der Waals surface area (Å²) in [6, 6.07) is 0. The van der Waals surface area contributed by atoms with E-state index in [9.17, 15) is 0 Å². The van der Waals surface area contributed by atoms with E-state index >= 15 is 0 Å². The molecule has 4 nitrogen and oxygen atoms in total. The minimum atomic E-state index is 0.843. The predicted octanol–water partition coefficient (Wildman–Crippen LogP) is 1.20. The Bertz CT molecular complexity index is 236. The predicted molar refractivity (Wildman–Crippen MR) is 55.0 cm³/mol. The Morgan fingerprint density at radius 3 is 2.92 bits per heavy atom. The van der Waals surface area contributed by atoms with Gasteiger partial charge in [0.05, 0.1) is 0 Å². The van der Waals surface area contributed by atoms with Gasteiger partial charge < -0.3 is 5.32 Å². The molecular formula is C8H16N4S. The molecule has 1 heterocycles. The van der Waals surface area contributed by atoms with E-state index in [4.69, 9.17) is 0 Å². The highest BCUT2D eigenvalue weighted by Gasteiger charge is 1.98. The lowest BCUT2D eigenvalue weighted by molar-refractivity contribution is 0.707. The van der Waals surface area contributed by atoms with E-state index < -0.39 is 0 Å². The van der Waals surface area contributed by atoms with Crippen molar-refractivity contribution in [3.8, 4) is 0 Å². The molecule has 0 unspecified atom stereocenters. The molecule has 0 spiro atoms. The number of hydrogen-bond acceptors (Lipinski definition) is 4. The zero-order valence-corrected chi connectivity index (χ0v) is 8.95. The molecular weight excluding hydrogens is 184 g/mol. The van der Waals surface area contributed by atoms with Crippen molar-refractivity contribution in [2.24, 2.45) is 0 Å². The molecule has 1 aromatic rings. The van der Waals surface area contributed by atoms with Crippen molar-refractivity contribution < 1.29 is 0 Å². The maximum atomic E-state index is 4.20. The van der Waals surface area contributed by atoms with E-state index in [0.717, 1.165) is 29.8 Å². The summed E-state index contributed by atoms with van der Waals surface area (Å²) >= 11 is 1.68. The van der Waals surface area contributed by atoms with Gasteiger partial charge in [0.2, 0.25) is 5.16 Å². The van der Waals surface area contributed by atoms with Crippen LogP contribution in [0.2, 0.25) is 0 Å². The number of hydrogen-bond donors (Lipinski definition) is 2. The molecule has 0 aliphatic rings. The molecule has 5 heteroatoms. The van der Waals surface area contributed by atoms with Crippen LogP contribution in [0, 0.1) is 6.92 Å². The molecule has 0 atom stereocenters. The molecule has 1 aromatic heterocycles.